The van der Waals surface area contributed by atoms with Crippen LogP contribution in [0.4, 0.5) is 0 Å². The van der Waals surface area contributed by atoms with E-state index in [2.05, 4.69) is 44.3 Å². The summed E-state index contributed by atoms with van der Waals surface area (Å²) in [6, 6.07) is 6.45. The highest BCUT2D eigenvalue weighted by Crippen LogP contribution is 2.27. The zero-order chi connectivity index (χ0) is 11.5. The quantitative estimate of drug-likeness (QED) is 0.826. The molecule has 0 spiro atoms. The van der Waals surface area contributed by atoms with Crippen molar-refractivity contribution in [2.45, 2.75) is 39.4 Å². The predicted molar refractivity (Wildman–Crippen MR) is 66.7 cm³/mol. The molecule has 2 atom stereocenters. The highest BCUT2D eigenvalue weighted by atomic mass is 16.5. The molecule has 1 aliphatic rings. The average molecular weight is 219 g/mol. The van der Waals surface area contributed by atoms with Gasteiger partial charge >= 0.3 is 0 Å². The van der Waals surface area contributed by atoms with Gasteiger partial charge in [-0.15, -0.1) is 0 Å². The van der Waals surface area contributed by atoms with Crippen LogP contribution in [0.3, 0.4) is 0 Å². The van der Waals surface area contributed by atoms with E-state index in [9.17, 15) is 0 Å². The van der Waals surface area contributed by atoms with Crippen LogP contribution in [0, 0.1) is 13.8 Å². The van der Waals surface area contributed by atoms with E-state index in [1.165, 1.54) is 16.7 Å². The Morgan fingerprint density at radius 3 is 2.56 bits per heavy atom. The summed E-state index contributed by atoms with van der Waals surface area (Å²) in [6.45, 7) is 8.43. The van der Waals surface area contributed by atoms with E-state index in [0.29, 0.717) is 6.10 Å². The van der Waals surface area contributed by atoms with Crippen molar-refractivity contribution >= 4 is 0 Å². The van der Waals surface area contributed by atoms with Crippen molar-refractivity contribution in [1.29, 1.82) is 0 Å². The van der Waals surface area contributed by atoms with Crippen LogP contribution in [0.2, 0.25) is 0 Å². The van der Waals surface area contributed by atoms with E-state index in [1.54, 1.807) is 0 Å². The molecule has 2 unspecified atom stereocenters. The molecule has 1 aromatic carbocycles. The molecule has 1 saturated heterocycles. The van der Waals surface area contributed by atoms with Gasteiger partial charge in [-0.2, -0.15) is 0 Å². The molecule has 0 bridgehead atoms. The van der Waals surface area contributed by atoms with E-state index in [-0.39, 0.29) is 6.10 Å². The summed E-state index contributed by atoms with van der Waals surface area (Å²) in [6.07, 6.45) is 1.66. The van der Waals surface area contributed by atoms with Crippen LogP contribution < -0.4 is 5.32 Å². The van der Waals surface area contributed by atoms with Gasteiger partial charge in [0.25, 0.3) is 0 Å². The summed E-state index contributed by atoms with van der Waals surface area (Å²) in [7, 11) is 0. The first-order valence-corrected chi connectivity index (χ1v) is 6.14. The van der Waals surface area contributed by atoms with Gasteiger partial charge in [-0.1, -0.05) is 25.1 Å². The summed E-state index contributed by atoms with van der Waals surface area (Å²) in [4.78, 5) is 0. The van der Waals surface area contributed by atoms with Crippen molar-refractivity contribution in [1.82, 2.24) is 5.32 Å². The maximum Gasteiger partial charge on any atom is 0.0958 e. The number of hydrogen-bond acceptors (Lipinski definition) is 2. The molecule has 0 aliphatic carbocycles. The number of nitrogens with one attached hydrogen (secondary N) is 1. The lowest BCUT2D eigenvalue weighted by Crippen LogP contribution is -2.40. The molecule has 1 aromatic rings. The van der Waals surface area contributed by atoms with E-state index >= 15 is 0 Å². The van der Waals surface area contributed by atoms with Crippen LogP contribution in [-0.2, 0) is 4.74 Å². The van der Waals surface area contributed by atoms with Crippen molar-refractivity contribution in [2.75, 3.05) is 13.1 Å². The van der Waals surface area contributed by atoms with Crippen LogP contribution in [0.15, 0.2) is 18.2 Å². The van der Waals surface area contributed by atoms with Gasteiger partial charge in [-0.05, 0) is 37.0 Å². The van der Waals surface area contributed by atoms with E-state index in [4.69, 9.17) is 4.74 Å². The Labute approximate surface area is 98.0 Å². The molecule has 0 amide bonds. The largest absolute Gasteiger partial charge is 0.368 e. The average Bonchev–Trinajstić information content (AvgIpc) is 2.29. The molecule has 2 nitrogen and oxygen atoms in total. The van der Waals surface area contributed by atoms with Crippen molar-refractivity contribution < 1.29 is 4.74 Å². The first kappa shape index (κ1) is 11.6. The molecule has 88 valence electrons. The van der Waals surface area contributed by atoms with Crippen LogP contribution in [-0.4, -0.2) is 19.2 Å². The number of hydrogen-bond donors (Lipinski definition) is 1. The minimum atomic E-state index is 0.222. The molecule has 1 N–H and O–H groups in total. The fourth-order valence-corrected chi connectivity index (χ4v) is 2.45. The molecule has 2 heteroatoms. The number of ether oxygens (including phenoxy) is 1. The fraction of sp³-hybridized carbons (Fsp3) is 0.571. The lowest BCUT2D eigenvalue weighted by Gasteiger charge is -2.32. The minimum absolute atomic E-state index is 0.222. The normalized spacial score (nSPS) is 25.7. The maximum absolute atomic E-state index is 6.12. The standard InChI is InChI=1S/C14H21NO/c1-4-12-8-15-9-13(16-12)14-10(2)6-5-7-11(14)3/h5-7,12-13,15H,4,8-9H2,1-3H3. The molecule has 0 radical (unpaired) electrons. The summed E-state index contributed by atoms with van der Waals surface area (Å²) in [5.41, 5.74) is 4.04. The Morgan fingerprint density at radius 1 is 1.25 bits per heavy atom. The maximum atomic E-state index is 6.12. The molecule has 1 heterocycles. The van der Waals surface area contributed by atoms with E-state index < -0.39 is 0 Å². The van der Waals surface area contributed by atoms with Gasteiger partial charge in [0.15, 0.2) is 0 Å². The molecule has 16 heavy (non-hydrogen) atoms. The Bertz CT molecular complexity index is 342. The molecular formula is C14H21NO. The second kappa shape index (κ2) is 4.98. The fourth-order valence-electron chi connectivity index (χ4n) is 2.45. The molecule has 0 aromatic heterocycles. The molecule has 1 fully saturated rings. The lowest BCUT2D eigenvalue weighted by molar-refractivity contribution is -0.0405. The van der Waals surface area contributed by atoms with Crippen molar-refractivity contribution in [3.63, 3.8) is 0 Å². The topological polar surface area (TPSA) is 21.3 Å². The summed E-state index contributed by atoms with van der Waals surface area (Å²) >= 11 is 0. The van der Waals surface area contributed by atoms with Gasteiger partial charge in [0.05, 0.1) is 12.2 Å². The molecule has 0 saturated carbocycles. The lowest BCUT2D eigenvalue weighted by atomic mass is 9.96. The van der Waals surface area contributed by atoms with Gasteiger partial charge in [0, 0.05) is 13.1 Å². The van der Waals surface area contributed by atoms with Crippen LogP contribution in [0.25, 0.3) is 0 Å². The Hall–Kier alpha value is -0.860. The third-order valence-corrected chi connectivity index (χ3v) is 3.38. The highest BCUT2D eigenvalue weighted by Gasteiger charge is 2.24. The Balaban J connectivity index is 2.23. The number of benzene rings is 1. The van der Waals surface area contributed by atoms with E-state index in [0.717, 1.165) is 19.5 Å². The Morgan fingerprint density at radius 2 is 1.94 bits per heavy atom. The summed E-state index contributed by atoms with van der Waals surface area (Å²) in [5.74, 6) is 0. The van der Waals surface area contributed by atoms with Crippen molar-refractivity contribution in [3.8, 4) is 0 Å². The van der Waals surface area contributed by atoms with Gasteiger partial charge in [0.1, 0.15) is 0 Å². The van der Waals surface area contributed by atoms with E-state index in [1.807, 2.05) is 0 Å². The zero-order valence-electron chi connectivity index (χ0n) is 10.4. The molecule has 2 rings (SSSR count). The number of morpholine rings is 1. The third kappa shape index (κ3) is 2.28. The summed E-state index contributed by atoms with van der Waals surface area (Å²) in [5, 5.41) is 3.46. The number of aryl methyl sites for hydroxylation is 2. The second-order valence-electron chi connectivity index (χ2n) is 4.62. The third-order valence-electron chi connectivity index (χ3n) is 3.38. The zero-order valence-corrected chi connectivity index (χ0v) is 10.4. The summed E-state index contributed by atoms with van der Waals surface area (Å²) < 4.78 is 6.12. The Kier molecular flexibility index (Phi) is 3.62. The first-order valence-electron chi connectivity index (χ1n) is 6.14. The minimum Gasteiger partial charge on any atom is -0.368 e. The predicted octanol–water partition coefficient (Wildman–Crippen LogP) is 2.74. The van der Waals surface area contributed by atoms with Gasteiger partial charge in [-0.3, -0.25) is 0 Å². The number of rotatable bonds is 2. The van der Waals surface area contributed by atoms with Crippen molar-refractivity contribution in [2.24, 2.45) is 0 Å². The van der Waals surface area contributed by atoms with Crippen LogP contribution in [0.1, 0.15) is 36.1 Å². The highest BCUT2D eigenvalue weighted by molar-refractivity contribution is 5.35. The second-order valence-corrected chi connectivity index (χ2v) is 4.62. The van der Waals surface area contributed by atoms with Crippen LogP contribution >= 0.6 is 0 Å². The first-order chi connectivity index (χ1) is 7.72. The SMILES string of the molecule is CCC1CNCC(c2c(C)cccc2C)O1. The van der Waals surface area contributed by atoms with Gasteiger partial charge in [0.2, 0.25) is 0 Å². The molecular weight excluding hydrogens is 198 g/mol. The van der Waals surface area contributed by atoms with Gasteiger partial charge in [-0.25, -0.2) is 0 Å². The monoisotopic (exact) mass is 219 g/mol. The van der Waals surface area contributed by atoms with Gasteiger partial charge < -0.3 is 10.1 Å². The van der Waals surface area contributed by atoms with Crippen LogP contribution in [0.5, 0.6) is 0 Å². The smallest absolute Gasteiger partial charge is 0.0958 e. The molecule has 1 aliphatic heterocycles. The van der Waals surface area contributed by atoms with Crippen molar-refractivity contribution in [3.05, 3.63) is 34.9 Å².